The van der Waals surface area contributed by atoms with Crippen LogP contribution in [0, 0.1) is 27.4 Å². The highest BCUT2D eigenvalue weighted by molar-refractivity contribution is 5.74. The number of aromatic nitrogens is 1. The van der Waals surface area contributed by atoms with Crippen LogP contribution in [0.3, 0.4) is 0 Å². The van der Waals surface area contributed by atoms with Gasteiger partial charge in [0.1, 0.15) is 11.5 Å². The lowest BCUT2D eigenvalue weighted by Gasteiger charge is -2.23. The molecule has 1 aliphatic heterocycles. The summed E-state index contributed by atoms with van der Waals surface area (Å²) < 4.78 is 11.1. The number of ether oxygens (including phenoxy) is 2. The van der Waals surface area contributed by atoms with Gasteiger partial charge in [-0.25, -0.2) is 0 Å². The highest BCUT2D eigenvalue weighted by atomic mass is 16.5. The van der Waals surface area contributed by atoms with Crippen LogP contribution in [0.15, 0.2) is 60.9 Å². The molecule has 0 N–H and O–H groups in total. The van der Waals surface area contributed by atoms with Crippen molar-refractivity contribution >= 4 is 5.69 Å². The maximum absolute atomic E-state index is 5.55. The molecule has 0 fully saturated rings. The third kappa shape index (κ3) is 4.22. The third-order valence-electron chi connectivity index (χ3n) is 5.33. The standard InChI is InChI=1S/C26H27N3O2/c1-18-14-19(2)26(20(3)15-18)29-13-12-28(17-29)16-21-8-6-9-22(27-21)25-23(30-4)10-7-11-24(25)31-5/h6-15H,16H2,1-5H3. The molecule has 2 heterocycles. The number of hydrogen-bond acceptors (Lipinski definition) is 5. The van der Waals surface area contributed by atoms with E-state index in [1.165, 1.54) is 22.4 Å². The first-order valence-electron chi connectivity index (χ1n) is 10.3. The van der Waals surface area contributed by atoms with Gasteiger partial charge in [-0.15, -0.1) is 0 Å². The van der Waals surface area contributed by atoms with Crippen LogP contribution in [0.2, 0.25) is 0 Å². The minimum absolute atomic E-state index is 0.613. The molecule has 0 unspecified atom stereocenters. The van der Waals surface area contributed by atoms with E-state index in [0.29, 0.717) is 6.54 Å². The van der Waals surface area contributed by atoms with Crippen LogP contribution in [0.5, 0.6) is 11.5 Å². The van der Waals surface area contributed by atoms with Gasteiger partial charge in [0.05, 0.1) is 37.7 Å². The molecular weight excluding hydrogens is 386 g/mol. The molecule has 158 valence electrons. The van der Waals surface area contributed by atoms with Crippen molar-refractivity contribution in [3.63, 3.8) is 0 Å². The summed E-state index contributed by atoms with van der Waals surface area (Å²) in [6.45, 7) is 10.4. The minimum atomic E-state index is 0.613. The molecule has 2 radical (unpaired) electrons. The van der Waals surface area contributed by atoms with Crippen molar-refractivity contribution in [3.8, 4) is 22.8 Å². The largest absolute Gasteiger partial charge is 0.496 e. The Kier molecular flexibility index (Phi) is 5.85. The molecule has 3 aromatic rings. The van der Waals surface area contributed by atoms with Gasteiger partial charge in [0.25, 0.3) is 0 Å². The topological polar surface area (TPSA) is 37.8 Å². The Morgan fingerprint density at radius 3 is 2.16 bits per heavy atom. The molecule has 0 amide bonds. The number of methoxy groups -OCH3 is 2. The van der Waals surface area contributed by atoms with Crippen LogP contribution in [0.25, 0.3) is 11.3 Å². The monoisotopic (exact) mass is 413 g/mol. The fraction of sp³-hybridized carbons (Fsp3) is 0.231. The lowest BCUT2D eigenvalue weighted by molar-refractivity contribution is 0.397. The number of hydrogen-bond donors (Lipinski definition) is 0. The van der Waals surface area contributed by atoms with E-state index < -0.39 is 0 Å². The molecule has 0 saturated carbocycles. The van der Waals surface area contributed by atoms with Crippen LogP contribution >= 0.6 is 0 Å². The van der Waals surface area contributed by atoms with Crippen molar-refractivity contribution in [1.82, 2.24) is 9.88 Å². The van der Waals surface area contributed by atoms with Crippen molar-refractivity contribution in [1.29, 1.82) is 0 Å². The van der Waals surface area contributed by atoms with Crippen LogP contribution < -0.4 is 14.4 Å². The predicted molar refractivity (Wildman–Crippen MR) is 124 cm³/mol. The second-order valence-electron chi connectivity index (χ2n) is 7.70. The molecule has 2 aromatic carbocycles. The van der Waals surface area contributed by atoms with Gasteiger partial charge >= 0.3 is 0 Å². The van der Waals surface area contributed by atoms with Gasteiger partial charge in [-0.05, 0) is 56.2 Å². The molecule has 1 aliphatic rings. The zero-order valence-electron chi connectivity index (χ0n) is 18.6. The lowest BCUT2D eigenvalue weighted by atomic mass is 10.0. The fourth-order valence-electron chi connectivity index (χ4n) is 4.10. The van der Waals surface area contributed by atoms with Gasteiger partial charge in [0.15, 0.2) is 0 Å². The Hall–Kier alpha value is -3.47. The van der Waals surface area contributed by atoms with Gasteiger partial charge in [-0.1, -0.05) is 29.8 Å². The second kappa shape index (κ2) is 8.72. The average Bonchev–Trinajstić information content (AvgIpc) is 3.20. The van der Waals surface area contributed by atoms with Crippen LogP contribution in [0.1, 0.15) is 22.4 Å². The fourth-order valence-corrected chi connectivity index (χ4v) is 4.10. The summed E-state index contributed by atoms with van der Waals surface area (Å²) in [5, 5.41) is 0. The van der Waals surface area contributed by atoms with E-state index in [0.717, 1.165) is 28.5 Å². The maximum Gasteiger partial charge on any atom is 0.213 e. The van der Waals surface area contributed by atoms with Crippen LogP contribution in [-0.4, -0.2) is 24.1 Å². The Balaban J connectivity index is 1.55. The van der Waals surface area contributed by atoms with E-state index in [9.17, 15) is 0 Å². The third-order valence-corrected chi connectivity index (χ3v) is 5.33. The second-order valence-corrected chi connectivity index (χ2v) is 7.70. The molecule has 5 heteroatoms. The SMILES string of the molecule is COc1cccc(OC)c1-c1cccc(CN2[C]N(c3c(C)cc(C)cc3C)C=C2)n1. The molecule has 5 nitrogen and oxygen atoms in total. The quantitative estimate of drug-likeness (QED) is 0.535. The first-order valence-corrected chi connectivity index (χ1v) is 10.3. The van der Waals surface area contributed by atoms with E-state index in [2.05, 4.69) is 44.5 Å². The summed E-state index contributed by atoms with van der Waals surface area (Å²) in [5.41, 5.74) is 7.52. The van der Waals surface area contributed by atoms with Crippen molar-refractivity contribution < 1.29 is 9.47 Å². The van der Waals surface area contributed by atoms with Gasteiger partial charge in [-0.2, -0.15) is 0 Å². The molecule has 0 aliphatic carbocycles. The molecule has 4 rings (SSSR count). The first-order chi connectivity index (χ1) is 15.0. The van der Waals surface area contributed by atoms with E-state index in [1.54, 1.807) is 14.2 Å². The Morgan fingerprint density at radius 2 is 1.52 bits per heavy atom. The van der Waals surface area contributed by atoms with Crippen molar-refractivity contribution in [2.45, 2.75) is 27.3 Å². The predicted octanol–water partition coefficient (Wildman–Crippen LogP) is 5.48. The van der Waals surface area contributed by atoms with E-state index in [1.807, 2.05) is 53.7 Å². The van der Waals surface area contributed by atoms with Gasteiger partial charge in [0.2, 0.25) is 6.67 Å². The smallest absolute Gasteiger partial charge is 0.213 e. The van der Waals surface area contributed by atoms with Crippen LogP contribution in [0.4, 0.5) is 5.69 Å². The summed E-state index contributed by atoms with van der Waals surface area (Å²) in [6, 6.07) is 16.2. The van der Waals surface area contributed by atoms with Crippen molar-refractivity contribution in [2.24, 2.45) is 0 Å². The number of aryl methyl sites for hydroxylation is 3. The maximum atomic E-state index is 5.55. The van der Waals surface area contributed by atoms with Crippen molar-refractivity contribution in [3.05, 3.63) is 90.0 Å². The summed E-state index contributed by atoms with van der Waals surface area (Å²) in [5.74, 6) is 1.47. The zero-order chi connectivity index (χ0) is 22.0. The molecule has 1 aromatic heterocycles. The Labute approximate surface area is 184 Å². The highest BCUT2D eigenvalue weighted by Crippen LogP contribution is 2.37. The Bertz CT molecular complexity index is 1080. The summed E-state index contributed by atoms with van der Waals surface area (Å²) in [4.78, 5) is 8.95. The number of rotatable bonds is 6. The lowest BCUT2D eigenvalue weighted by Crippen LogP contribution is -2.20. The molecule has 0 atom stereocenters. The zero-order valence-corrected chi connectivity index (χ0v) is 18.6. The molecule has 0 spiro atoms. The molecule has 0 bridgehead atoms. The summed E-state index contributed by atoms with van der Waals surface area (Å²) in [6.07, 6.45) is 4.06. The average molecular weight is 414 g/mol. The number of pyridine rings is 1. The Morgan fingerprint density at radius 1 is 0.871 bits per heavy atom. The first kappa shape index (κ1) is 20.8. The van der Waals surface area contributed by atoms with E-state index in [-0.39, 0.29) is 0 Å². The number of nitrogens with zero attached hydrogens (tertiary/aromatic N) is 3. The van der Waals surface area contributed by atoms with Crippen molar-refractivity contribution in [2.75, 3.05) is 19.1 Å². The molecular formula is C26H27N3O2. The number of anilines is 1. The van der Waals surface area contributed by atoms with Gasteiger partial charge < -0.3 is 19.3 Å². The number of benzene rings is 2. The molecule has 0 saturated heterocycles. The van der Waals surface area contributed by atoms with E-state index in [4.69, 9.17) is 14.5 Å². The van der Waals surface area contributed by atoms with E-state index >= 15 is 0 Å². The highest BCUT2D eigenvalue weighted by Gasteiger charge is 2.21. The molecule has 31 heavy (non-hydrogen) atoms. The van der Waals surface area contributed by atoms with Crippen LogP contribution in [-0.2, 0) is 6.54 Å². The normalized spacial score (nSPS) is 13.1. The summed E-state index contributed by atoms with van der Waals surface area (Å²) >= 11 is 0. The minimum Gasteiger partial charge on any atom is -0.496 e. The summed E-state index contributed by atoms with van der Waals surface area (Å²) in [7, 11) is 3.31. The van der Waals surface area contributed by atoms with Gasteiger partial charge in [0, 0.05) is 18.1 Å². The van der Waals surface area contributed by atoms with Gasteiger partial charge in [-0.3, -0.25) is 4.98 Å².